The van der Waals surface area contributed by atoms with Crippen molar-refractivity contribution < 1.29 is 28.6 Å². The first-order chi connectivity index (χ1) is 34.0. The molecule has 0 amide bonds. The van der Waals surface area contributed by atoms with Gasteiger partial charge in [0.05, 0.1) is 0 Å². The van der Waals surface area contributed by atoms with Gasteiger partial charge in [-0.15, -0.1) is 0 Å². The summed E-state index contributed by atoms with van der Waals surface area (Å²) in [6.07, 6.45) is 75.5. The van der Waals surface area contributed by atoms with Crippen molar-refractivity contribution in [2.24, 2.45) is 0 Å². The van der Waals surface area contributed by atoms with Gasteiger partial charge in [0, 0.05) is 19.3 Å². The van der Waals surface area contributed by atoms with Crippen LogP contribution < -0.4 is 0 Å². The van der Waals surface area contributed by atoms with Crippen molar-refractivity contribution in [3.63, 3.8) is 0 Å². The molecule has 0 N–H and O–H groups in total. The number of hydrogen-bond donors (Lipinski definition) is 0. The Morgan fingerprint density at radius 3 is 0.913 bits per heavy atom. The molecule has 0 aliphatic heterocycles. The van der Waals surface area contributed by atoms with Gasteiger partial charge in [-0.1, -0.05) is 240 Å². The van der Waals surface area contributed by atoms with E-state index in [0.29, 0.717) is 19.3 Å². The van der Waals surface area contributed by atoms with Crippen molar-refractivity contribution >= 4 is 17.9 Å². The normalized spacial score (nSPS) is 12.8. The van der Waals surface area contributed by atoms with Gasteiger partial charge in [0.2, 0.25) is 0 Å². The van der Waals surface area contributed by atoms with E-state index in [-0.39, 0.29) is 31.1 Å². The van der Waals surface area contributed by atoms with Gasteiger partial charge in [0.25, 0.3) is 0 Å². The summed E-state index contributed by atoms with van der Waals surface area (Å²) < 4.78 is 16.8. The average molecular weight is 960 g/mol. The number of carbonyl (C=O) groups excluding carboxylic acids is 3. The number of allylic oxidation sites excluding steroid dienone is 16. The quantitative estimate of drug-likeness (QED) is 0.0262. The Kier molecular flexibility index (Phi) is 53.9. The van der Waals surface area contributed by atoms with Crippen LogP contribution in [0.15, 0.2) is 97.2 Å². The maximum absolute atomic E-state index is 12.8. The Morgan fingerprint density at radius 1 is 0.304 bits per heavy atom. The Bertz CT molecular complexity index is 1380. The van der Waals surface area contributed by atoms with Crippen LogP contribution in [-0.4, -0.2) is 37.2 Å². The van der Waals surface area contributed by atoms with Gasteiger partial charge in [-0.3, -0.25) is 14.4 Å². The van der Waals surface area contributed by atoms with Crippen LogP contribution in [0.4, 0.5) is 0 Å². The molecule has 0 aliphatic rings. The van der Waals surface area contributed by atoms with E-state index >= 15 is 0 Å². The molecule has 0 fully saturated rings. The predicted octanol–water partition coefficient (Wildman–Crippen LogP) is 19.3. The van der Waals surface area contributed by atoms with Crippen molar-refractivity contribution in [3.05, 3.63) is 97.2 Å². The van der Waals surface area contributed by atoms with Crippen LogP contribution in [0.3, 0.4) is 0 Å². The molecule has 6 nitrogen and oxygen atoms in total. The van der Waals surface area contributed by atoms with E-state index in [0.717, 1.165) is 109 Å². The van der Waals surface area contributed by atoms with E-state index in [9.17, 15) is 14.4 Å². The molecular formula is C63H106O6. The highest BCUT2D eigenvalue weighted by molar-refractivity contribution is 5.71. The summed E-state index contributed by atoms with van der Waals surface area (Å²) in [7, 11) is 0. The zero-order valence-electron chi connectivity index (χ0n) is 45.0. The summed E-state index contributed by atoms with van der Waals surface area (Å²) >= 11 is 0. The van der Waals surface area contributed by atoms with Crippen LogP contribution in [0.1, 0.15) is 265 Å². The largest absolute Gasteiger partial charge is 0.462 e. The first-order valence-corrected chi connectivity index (χ1v) is 28.7. The third-order valence-corrected chi connectivity index (χ3v) is 12.1. The van der Waals surface area contributed by atoms with Gasteiger partial charge in [-0.2, -0.15) is 0 Å². The standard InChI is InChI=1S/C63H106O6/c1-4-7-10-13-16-19-21-23-25-27-29-30-31-32-33-34-35-37-38-40-42-44-47-50-53-56-62(65)68-59-60(58-67-61(64)55-52-49-46-18-15-12-9-6-3)69-63(66)57-54-51-48-45-43-41-39-36-28-26-24-22-20-17-14-11-8-5-2/h7,10,16,19,23,25-26,28-30,32-33,35,37,40,42,60H,4-6,8-9,11-15,17-18,20-22,24,27,31,34,36,38-39,41,43-59H2,1-3H3/b10-7-,19-16-,25-23-,28-26-,30-29-,33-32-,37-35-,42-40-. The molecule has 0 heterocycles. The van der Waals surface area contributed by atoms with Gasteiger partial charge in [-0.05, 0) is 103 Å². The van der Waals surface area contributed by atoms with E-state index in [1.165, 1.54) is 116 Å². The predicted molar refractivity (Wildman–Crippen MR) is 297 cm³/mol. The second kappa shape index (κ2) is 56.9. The first kappa shape index (κ1) is 65.3. The summed E-state index contributed by atoms with van der Waals surface area (Å²) in [4.78, 5) is 38.0. The van der Waals surface area contributed by atoms with E-state index in [2.05, 4.69) is 118 Å². The van der Waals surface area contributed by atoms with Crippen molar-refractivity contribution in [1.82, 2.24) is 0 Å². The second-order valence-corrected chi connectivity index (χ2v) is 18.8. The van der Waals surface area contributed by atoms with Crippen LogP contribution in [0.5, 0.6) is 0 Å². The minimum Gasteiger partial charge on any atom is -0.462 e. The smallest absolute Gasteiger partial charge is 0.306 e. The number of hydrogen-bond acceptors (Lipinski definition) is 6. The Morgan fingerprint density at radius 2 is 0.565 bits per heavy atom. The third-order valence-electron chi connectivity index (χ3n) is 12.1. The Balaban J connectivity index is 4.32. The Hall–Kier alpha value is -3.67. The lowest BCUT2D eigenvalue weighted by Gasteiger charge is -2.18. The second-order valence-electron chi connectivity index (χ2n) is 18.8. The molecular weight excluding hydrogens is 853 g/mol. The monoisotopic (exact) mass is 959 g/mol. The average Bonchev–Trinajstić information content (AvgIpc) is 3.35. The van der Waals surface area contributed by atoms with E-state index in [1.54, 1.807) is 0 Å². The first-order valence-electron chi connectivity index (χ1n) is 28.7. The van der Waals surface area contributed by atoms with Gasteiger partial charge < -0.3 is 14.2 Å². The summed E-state index contributed by atoms with van der Waals surface area (Å²) in [6, 6.07) is 0. The fourth-order valence-electron chi connectivity index (χ4n) is 7.77. The molecule has 0 saturated heterocycles. The lowest BCUT2D eigenvalue weighted by molar-refractivity contribution is -0.167. The molecule has 0 aromatic carbocycles. The number of unbranched alkanes of at least 4 members (excludes halogenated alkanes) is 24. The van der Waals surface area contributed by atoms with Crippen LogP contribution in [0.2, 0.25) is 0 Å². The molecule has 0 radical (unpaired) electrons. The molecule has 0 aromatic rings. The number of ether oxygens (including phenoxy) is 3. The van der Waals surface area contributed by atoms with Gasteiger partial charge >= 0.3 is 17.9 Å². The number of esters is 3. The molecule has 69 heavy (non-hydrogen) atoms. The molecule has 0 rings (SSSR count). The molecule has 1 unspecified atom stereocenters. The third kappa shape index (κ3) is 55.1. The molecule has 6 heteroatoms. The molecule has 0 aliphatic carbocycles. The van der Waals surface area contributed by atoms with Crippen molar-refractivity contribution in [1.29, 1.82) is 0 Å². The fraction of sp³-hybridized carbons (Fsp3) is 0.698. The lowest BCUT2D eigenvalue weighted by Crippen LogP contribution is -2.30. The minimum atomic E-state index is -0.792. The maximum Gasteiger partial charge on any atom is 0.306 e. The van der Waals surface area contributed by atoms with Crippen molar-refractivity contribution in [2.75, 3.05) is 13.2 Å². The van der Waals surface area contributed by atoms with Crippen molar-refractivity contribution in [3.8, 4) is 0 Å². The van der Waals surface area contributed by atoms with Gasteiger partial charge in [0.15, 0.2) is 6.10 Å². The summed E-state index contributed by atoms with van der Waals surface area (Å²) in [5.41, 5.74) is 0. The fourth-order valence-corrected chi connectivity index (χ4v) is 7.77. The zero-order chi connectivity index (χ0) is 50.0. The van der Waals surface area contributed by atoms with Crippen LogP contribution in [0.25, 0.3) is 0 Å². The van der Waals surface area contributed by atoms with E-state index in [1.807, 2.05) is 0 Å². The van der Waals surface area contributed by atoms with Crippen LogP contribution in [0, 0.1) is 0 Å². The SMILES string of the molecule is CC/C=C\C/C=C\C/C=C\C/C=C\C/C=C\C/C=C\C/C=C\CCCCCC(=O)OCC(COC(=O)CCCCCCCCCC)OC(=O)CCCCCCCCC/C=C\CCCCCCCCC. The van der Waals surface area contributed by atoms with E-state index < -0.39 is 6.10 Å². The molecule has 0 saturated carbocycles. The number of carbonyl (C=O) groups is 3. The van der Waals surface area contributed by atoms with Crippen molar-refractivity contribution in [2.45, 2.75) is 271 Å². The lowest BCUT2D eigenvalue weighted by atomic mass is 10.1. The Labute approximate surface area is 426 Å². The highest BCUT2D eigenvalue weighted by Crippen LogP contribution is 2.14. The highest BCUT2D eigenvalue weighted by atomic mass is 16.6. The summed E-state index contributed by atoms with van der Waals surface area (Å²) in [5, 5.41) is 0. The van der Waals surface area contributed by atoms with E-state index in [4.69, 9.17) is 14.2 Å². The number of rotatable bonds is 51. The van der Waals surface area contributed by atoms with Gasteiger partial charge in [0.1, 0.15) is 13.2 Å². The zero-order valence-corrected chi connectivity index (χ0v) is 45.0. The minimum absolute atomic E-state index is 0.0892. The molecule has 0 aromatic heterocycles. The highest BCUT2D eigenvalue weighted by Gasteiger charge is 2.19. The summed E-state index contributed by atoms with van der Waals surface area (Å²) in [5.74, 6) is -0.930. The molecule has 0 spiro atoms. The maximum atomic E-state index is 12.8. The van der Waals surface area contributed by atoms with Crippen LogP contribution in [-0.2, 0) is 28.6 Å². The summed E-state index contributed by atoms with van der Waals surface area (Å²) in [6.45, 7) is 6.47. The molecule has 1 atom stereocenters. The molecule has 0 bridgehead atoms. The van der Waals surface area contributed by atoms with Crippen LogP contribution >= 0.6 is 0 Å². The molecule has 394 valence electrons. The topological polar surface area (TPSA) is 78.9 Å². The van der Waals surface area contributed by atoms with Gasteiger partial charge in [-0.25, -0.2) is 0 Å².